The van der Waals surface area contributed by atoms with Gasteiger partial charge in [0.2, 0.25) is 0 Å². The first-order valence-corrected chi connectivity index (χ1v) is 8.52. The molecule has 0 unspecified atom stereocenters. The number of ether oxygens (including phenoxy) is 2. The summed E-state index contributed by atoms with van der Waals surface area (Å²) in [5.74, 6) is 1.37. The lowest BCUT2D eigenvalue weighted by Crippen LogP contribution is -2.30. The highest BCUT2D eigenvalue weighted by Crippen LogP contribution is 2.27. The molecule has 0 saturated carbocycles. The van der Waals surface area contributed by atoms with E-state index in [9.17, 15) is 0 Å². The number of likely N-dealkylation sites (N-methyl/N-ethyl adjacent to an activating group) is 1. The lowest BCUT2D eigenvalue weighted by atomic mass is 9.91. The Bertz CT molecular complexity index is 463. The lowest BCUT2D eigenvalue weighted by Gasteiger charge is -2.30. The van der Waals surface area contributed by atoms with Gasteiger partial charge in [-0.15, -0.1) is 0 Å². The molecule has 0 aliphatic carbocycles. The minimum absolute atomic E-state index is 0.649. The SMILES string of the molecule is C=C/C(=C\C(=C(/CC1CCN(C)CC1)N=C)N(C)CCOC)OC. The molecule has 0 N–H and O–H groups in total. The van der Waals surface area contributed by atoms with Crippen molar-refractivity contribution >= 4 is 6.72 Å². The molecule has 0 aromatic carbocycles. The summed E-state index contributed by atoms with van der Waals surface area (Å²) in [4.78, 5) is 8.88. The number of methoxy groups -OCH3 is 2. The van der Waals surface area contributed by atoms with Gasteiger partial charge in [0, 0.05) is 26.8 Å². The highest BCUT2D eigenvalue weighted by atomic mass is 16.5. The number of likely N-dealkylation sites (tertiary alicyclic amines) is 1. The zero-order valence-electron chi connectivity index (χ0n) is 15.8. The van der Waals surface area contributed by atoms with Crippen LogP contribution in [0.3, 0.4) is 0 Å². The maximum atomic E-state index is 5.37. The normalized spacial score (nSPS) is 18.1. The standard InChI is InChI=1S/C19H33N3O2/c1-7-17(24-6)15-19(22(4)12-13-23-5)18(20-2)14-16-8-10-21(3)11-9-16/h7,15-16H,1-2,8-14H2,3-6H3/b17-15+,19-18-. The molecule has 24 heavy (non-hydrogen) atoms. The van der Waals surface area contributed by atoms with Crippen molar-refractivity contribution < 1.29 is 9.47 Å². The predicted octanol–water partition coefficient (Wildman–Crippen LogP) is 2.93. The number of piperidine rings is 1. The molecule has 136 valence electrons. The highest BCUT2D eigenvalue weighted by molar-refractivity contribution is 5.36. The molecule has 1 saturated heterocycles. The van der Waals surface area contributed by atoms with E-state index in [0.29, 0.717) is 12.5 Å². The molecule has 5 heteroatoms. The molecule has 1 aliphatic heterocycles. The van der Waals surface area contributed by atoms with Gasteiger partial charge in [-0.25, -0.2) is 0 Å². The number of hydrogen-bond acceptors (Lipinski definition) is 5. The molecule has 5 nitrogen and oxygen atoms in total. The Morgan fingerprint density at radius 1 is 1.33 bits per heavy atom. The Morgan fingerprint density at radius 2 is 2.00 bits per heavy atom. The Hall–Kier alpha value is -1.59. The summed E-state index contributed by atoms with van der Waals surface area (Å²) < 4.78 is 10.6. The van der Waals surface area contributed by atoms with Crippen LogP contribution in [0.5, 0.6) is 0 Å². The summed E-state index contributed by atoms with van der Waals surface area (Å²) in [5.41, 5.74) is 2.04. The molecule has 1 heterocycles. The maximum Gasteiger partial charge on any atom is 0.120 e. The van der Waals surface area contributed by atoms with Gasteiger partial charge in [-0.05, 0) is 58.1 Å². The van der Waals surface area contributed by atoms with E-state index in [4.69, 9.17) is 9.47 Å². The molecule has 0 amide bonds. The smallest absolute Gasteiger partial charge is 0.120 e. The van der Waals surface area contributed by atoms with Crippen molar-refractivity contribution in [3.8, 4) is 0 Å². The van der Waals surface area contributed by atoms with Gasteiger partial charge in [-0.2, -0.15) is 0 Å². The van der Waals surface area contributed by atoms with Crippen LogP contribution in [0.25, 0.3) is 0 Å². The van der Waals surface area contributed by atoms with E-state index in [1.807, 2.05) is 13.1 Å². The van der Waals surface area contributed by atoms with Crippen LogP contribution in [0.15, 0.2) is 40.9 Å². The van der Waals surface area contributed by atoms with Gasteiger partial charge < -0.3 is 19.3 Å². The summed E-state index contributed by atoms with van der Waals surface area (Å²) in [6.07, 6.45) is 7.04. The molecular weight excluding hydrogens is 302 g/mol. The molecule has 1 fully saturated rings. The van der Waals surface area contributed by atoms with Gasteiger partial charge >= 0.3 is 0 Å². The van der Waals surface area contributed by atoms with Crippen LogP contribution < -0.4 is 0 Å². The van der Waals surface area contributed by atoms with Crippen molar-refractivity contribution in [1.29, 1.82) is 0 Å². The van der Waals surface area contributed by atoms with Crippen molar-refractivity contribution in [3.63, 3.8) is 0 Å². The first-order chi connectivity index (χ1) is 11.5. The van der Waals surface area contributed by atoms with Crippen molar-refractivity contribution in [2.75, 3.05) is 54.6 Å². The summed E-state index contributed by atoms with van der Waals surface area (Å²) in [5, 5.41) is 0. The van der Waals surface area contributed by atoms with E-state index in [-0.39, 0.29) is 0 Å². The summed E-state index contributed by atoms with van der Waals surface area (Å²) in [6, 6.07) is 0. The fourth-order valence-electron chi connectivity index (χ4n) is 2.89. The number of hydrogen-bond donors (Lipinski definition) is 0. The molecule has 1 rings (SSSR count). The van der Waals surface area contributed by atoms with Crippen molar-refractivity contribution in [2.45, 2.75) is 19.3 Å². The first kappa shape index (κ1) is 20.5. The van der Waals surface area contributed by atoms with E-state index in [0.717, 1.165) is 43.2 Å². The molecule has 0 aromatic rings. The third kappa shape index (κ3) is 6.49. The minimum atomic E-state index is 0.649. The van der Waals surface area contributed by atoms with Gasteiger partial charge in [-0.1, -0.05) is 6.58 Å². The van der Waals surface area contributed by atoms with Gasteiger partial charge in [0.1, 0.15) is 5.76 Å². The second-order valence-electron chi connectivity index (χ2n) is 6.31. The Kier molecular flexibility index (Phi) is 9.42. The zero-order valence-corrected chi connectivity index (χ0v) is 15.8. The second kappa shape index (κ2) is 11.0. The molecule has 0 spiro atoms. The summed E-state index contributed by atoms with van der Waals surface area (Å²) in [7, 11) is 7.59. The molecule has 0 aromatic heterocycles. The predicted molar refractivity (Wildman–Crippen MR) is 101 cm³/mol. The van der Waals surface area contributed by atoms with Crippen LogP contribution in [0.1, 0.15) is 19.3 Å². The van der Waals surface area contributed by atoms with Crippen LogP contribution in [0.2, 0.25) is 0 Å². The summed E-state index contributed by atoms with van der Waals surface area (Å²) in [6.45, 7) is 11.4. The van der Waals surface area contributed by atoms with Gasteiger partial charge in [-0.3, -0.25) is 4.99 Å². The molecular formula is C19H33N3O2. The van der Waals surface area contributed by atoms with Crippen molar-refractivity contribution in [3.05, 3.63) is 35.9 Å². The van der Waals surface area contributed by atoms with E-state index in [2.05, 4.69) is 35.1 Å². The molecule has 0 atom stereocenters. The van der Waals surface area contributed by atoms with Crippen molar-refractivity contribution in [2.24, 2.45) is 10.9 Å². The fourth-order valence-corrected chi connectivity index (χ4v) is 2.89. The Morgan fingerprint density at radius 3 is 2.50 bits per heavy atom. The van der Waals surface area contributed by atoms with Crippen LogP contribution in [0.4, 0.5) is 0 Å². The van der Waals surface area contributed by atoms with E-state index in [1.54, 1.807) is 20.3 Å². The maximum absolute atomic E-state index is 5.37. The van der Waals surface area contributed by atoms with Crippen molar-refractivity contribution in [1.82, 2.24) is 9.80 Å². The topological polar surface area (TPSA) is 37.3 Å². The third-order valence-electron chi connectivity index (χ3n) is 4.56. The van der Waals surface area contributed by atoms with Gasteiger partial charge in [0.15, 0.2) is 0 Å². The third-order valence-corrected chi connectivity index (χ3v) is 4.56. The zero-order chi connectivity index (χ0) is 17.9. The van der Waals surface area contributed by atoms with Crippen LogP contribution in [-0.2, 0) is 9.47 Å². The largest absolute Gasteiger partial charge is 0.497 e. The average Bonchev–Trinajstić information content (AvgIpc) is 2.60. The van der Waals surface area contributed by atoms with E-state index >= 15 is 0 Å². The first-order valence-electron chi connectivity index (χ1n) is 8.52. The van der Waals surface area contributed by atoms with Crippen LogP contribution in [0, 0.1) is 5.92 Å². The number of aliphatic imine (C=N–C) groups is 1. The number of allylic oxidation sites excluding steroid dienone is 3. The Labute approximate surface area is 147 Å². The summed E-state index contributed by atoms with van der Waals surface area (Å²) >= 11 is 0. The Balaban J connectivity index is 3.03. The van der Waals surface area contributed by atoms with E-state index in [1.165, 1.54) is 12.8 Å². The lowest BCUT2D eigenvalue weighted by molar-refractivity contribution is 0.173. The quantitative estimate of drug-likeness (QED) is 0.349. The van der Waals surface area contributed by atoms with Crippen LogP contribution in [-0.4, -0.2) is 71.1 Å². The monoisotopic (exact) mass is 335 g/mol. The van der Waals surface area contributed by atoms with E-state index < -0.39 is 0 Å². The number of rotatable bonds is 10. The minimum Gasteiger partial charge on any atom is -0.497 e. The molecule has 0 radical (unpaired) electrons. The molecule has 0 bridgehead atoms. The fraction of sp³-hybridized carbons (Fsp3) is 0.632. The van der Waals surface area contributed by atoms with Gasteiger partial charge in [0.05, 0.1) is 25.1 Å². The highest BCUT2D eigenvalue weighted by Gasteiger charge is 2.20. The molecule has 1 aliphatic rings. The number of nitrogens with zero attached hydrogens (tertiary/aromatic N) is 3. The van der Waals surface area contributed by atoms with Gasteiger partial charge in [0.25, 0.3) is 0 Å². The second-order valence-corrected chi connectivity index (χ2v) is 6.31. The van der Waals surface area contributed by atoms with Crippen LogP contribution >= 0.6 is 0 Å². The average molecular weight is 335 g/mol.